The van der Waals surface area contributed by atoms with Crippen LogP contribution in [0.15, 0.2) is 0 Å². The molecule has 16 heavy (non-hydrogen) atoms. The van der Waals surface area contributed by atoms with Gasteiger partial charge in [-0.15, -0.1) is 0 Å². The number of nitrogens with one attached hydrogen (secondary N) is 2. The molecule has 0 aliphatic heterocycles. The molecule has 0 aromatic rings. The van der Waals surface area contributed by atoms with Crippen LogP contribution in [0.4, 0.5) is 0 Å². The smallest absolute Gasteiger partial charge is 0.324 e. The number of hydrogen-bond acceptors (Lipinski definition) is 6. The highest BCUT2D eigenvalue weighted by molar-refractivity contribution is 5.80. The van der Waals surface area contributed by atoms with Crippen LogP contribution < -0.4 is 10.9 Å². The van der Waals surface area contributed by atoms with Crippen LogP contribution in [-0.4, -0.2) is 57.0 Å². The van der Waals surface area contributed by atoms with Crippen molar-refractivity contribution >= 4 is 17.9 Å². The standard InChI is InChI=1S/C7H12N2O7/c10-2-4(7(15)16)9-8-3(6(13)14)1-5(11)12/h3-4,8-10H,1-2H2,(H,11,12)(H,13,14)(H,15,16)/t3-,4-/m0/s1. The van der Waals surface area contributed by atoms with E-state index >= 15 is 0 Å². The van der Waals surface area contributed by atoms with Crippen molar-refractivity contribution in [2.24, 2.45) is 0 Å². The van der Waals surface area contributed by atoms with Crippen LogP contribution in [-0.2, 0) is 14.4 Å². The Kier molecular flexibility index (Phi) is 6.00. The summed E-state index contributed by atoms with van der Waals surface area (Å²) in [6, 6.07) is -2.89. The Morgan fingerprint density at radius 3 is 1.69 bits per heavy atom. The number of hydrogen-bond donors (Lipinski definition) is 6. The molecule has 0 radical (unpaired) electrons. The molecule has 0 saturated heterocycles. The summed E-state index contributed by atoms with van der Waals surface area (Å²) in [5.41, 5.74) is 4.02. The van der Waals surface area contributed by atoms with E-state index < -0.39 is 43.0 Å². The molecule has 92 valence electrons. The zero-order chi connectivity index (χ0) is 12.7. The Labute approximate surface area is 89.7 Å². The SMILES string of the molecule is O=C(O)C[C@H](NN[C@@H](CO)C(=O)O)C(=O)O. The molecule has 0 bridgehead atoms. The van der Waals surface area contributed by atoms with Crippen molar-refractivity contribution in [2.45, 2.75) is 18.5 Å². The van der Waals surface area contributed by atoms with Crippen LogP contribution in [0.1, 0.15) is 6.42 Å². The molecule has 0 spiro atoms. The first-order chi connectivity index (χ1) is 7.38. The highest BCUT2D eigenvalue weighted by atomic mass is 16.4. The van der Waals surface area contributed by atoms with E-state index in [4.69, 9.17) is 20.4 Å². The zero-order valence-electron chi connectivity index (χ0n) is 8.08. The largest absolute Gasteiger partial charge is 0.481 e. The lowest BCUT2D eigenvalue weighted by Gasteiger charge is -2.16. The fourth-order valence-electron chi connectivity index (χ4n) is 0.761. The van der Waals surface area contributed by atoms with Gasteiger partial charge >= 0.3 is 17.9 Å². The lowest BCUT2D eigenvalue weighted by atomic mass is 10.2. The third kappa shape index (κ3) is 5.24. The first kappa shape index (κ1) is 14.3. The fraction of sp³-hybridized carbons (Fsp3) is 0.571. The molecule has 0 fully saturated rings. The molecule has 2 atom stereocenters. The Morgan fingerprint density at radius 1 is 0.938 bits per heavy atom. The van der Waals surface area contributed by atoms with Crippen LogP contribution in [0.3, 0.4) is 0 Å². The van der Waals surface area contributed by atoms with Gasteiger partial charge in [0.2, 0.25) is 0 Å². The summed E-state index contributed by atoms with van der Waals surface area (Å²) < 4.78 is 0. The minimum absolute atomic E-state index is 0.722. The molecule has 0 heterocycles. The summed E-state index contributed by atoms with van der Waals surface area (Å²) in [6.45, 7) is -0.762. The monoisotopic (exact) mass is 236 g/mol. The number of aliphatic hydroxyl groups is 1. The van der Waals surface area contributed by atoms with Crippen molar-refractivity contribution in [1.82, 2.24) is 10.9 Å². The second kappa shape index (κ2) is 6.71. The molecule has 0 unspecified atom stereocenters. The second-order valence-electron chi connectivity index (χ2n) is 2.85. The van der Waals surface area contributed by atoms with E-state index in [9.17, 15) is 14.4 Å². The normalized spacial score (nSPS) is 14.1. The van der Waals surface area contributed by atoms with Crippen LogP contribution in [0.25, 0.3) is 0 Å². The third-order valence-corrected chi connectivity index (χ3v) is 1.59. The molecular formula is C7H12N2O7. The van der Waals surface area contributed by atoms with Gasteiger partial charge in [0.1, 0.15) is 12.1 Å². The number of hydrazine groups is 1. The molecular weight excluding hydrogens is 224 g/mol. The molecule has 0 aromatic heterocycles. The van der Waals surface area contributed by atoms with Crippen LogP contribution in [0.5, 0.6) is 0 Å². The maximum atomic E-state index is 10.5. The predicted molar refractivity (Wildman–Crippen MR) is 48.5 cm³/mol. The molecule has 9 heteroatoms. The summed E-state index contributed by atoms with van der Waals surface area (Å²) in [4.78, 5) is 31.2. The van der Waals surface area contributed by atoms with E-state index in [1.807, 2.05) is 10.9 Å². The number of aliphatic carboxylic acids is 3. The lowest BCUT2D eigenvalue weighted by Crippen LogP contribution is -2.54. The van der Waals surface area contributed by atoms with E-state index in [2.05, 4.69) is 0 Å². The minimum atomic E-state index is -1.48. The summed E-state index contributed by atoms with van der Waals surface area (Å²) >= 11 is 0. The van der Waals surface area contributed by atoms with Crippen LogP contribution >= 0.6 is 0 Å². The average Bonchev–Trinajstić information content (AvgIpc) is 2.15. The molecule has 0 aliphatic carbocycles. The van der Waals surface area contributed by atoms with Gasteiger partial charge in [-0.1, -0.05) is 0 Å². The number of carboxylic acids is 3. The van der Waals surface area contributed by atoms with Crippen molar-refractivity contribution in [1.29, 1.82) is 0 Å². The Hall–Kier alpha value is -1.71. The Balaban J connectivity index is 4.25. The molecule has 0 amide bonds. The topological polar surface area (TPSA) is 156 Å². The first-order valence-electron chi connectivity index (χ1n) is 4.17. The number of carbonyl (C=O) groups is 3. The van der Waals surface area contributed by atoms with Gasteiger partial charge in [0.25, 0.3) is 0 Å². The molecule has 0 saturated carbocycles. The molecule has 9 nitrogen and oxygen atoms in total. The Morgan fingerprint density at radius 2 is 1.38 bits per heavy atom. The van der Waals surface area contributed by atoms with Gasteiger partial charge in [-0.3, -0.25) is 14.4 Å². The van der Waals surface area contributed by atoms with Gasteiger partial charge in [0, 0.05) is 0 Å². The highest BCUT2D eigenvalue weighted by Crippen LogP contribution is 1.92. The van der Waals surface area contributed by atoms with E-state index in [-0.39, 0.29) is 0 Å². The quantitative estimate of drug-likeness (QED) is 0.250. The molecule has 6 N–H and O–H groups in total. The van der Waals surface area contributed by atoms with Crippen molar-refractivity contribution in [3.8, 4) is 0 Å². The maximum Gasteiger partial charge on any atom is 0.324 e. The van der Waals surface area contributed by atoms with E-state index in [1.54, 1.807) is 0 Å². The van der Waals surface area contributed by atoms with E-state index in [1.165, 1.54) is 0 Å². The van der Waals surface area contributed by atoms with Gasteiger partial charge in [0.15, 0.2) is 0 Å². The van der Waals surface area contributed by atoms with Gasteiger partial charge in [-0.25, -0.2) is 10.9 Å². The van der Waals surface area contributed by atoms with Gasteiger partial charge < -0.3 is 20.4 Å². The number of aliphatic hydroxyl groups excluding tert-OH is 1. The van der Waals surface area contributed by atoms with Crippen molar-refractivity contribution in [2.75, 3.05) is 6.61 Å². The molecule has 0 aromatic carbocycles. The van der Waals surface area contributed by atoms with Crippen molar-refractivity contribution in [3.63, 3.8) is 0 Å². The van der Waals surface area contributed by atoms with Crippen molar-refractivity contribution < 1.29 is 34.8 Å². The third-order valence-electron chi connectivity index (χ3n) is 1.59. The average molecular weight is 236 g/mol. The fourth-order valence-corrected chi connectivity index (χ4v) is 0.761. The number of rotatable bonds is 8. The minimum Gasteiger partial charge on any atom is -0.481 e. The first-order valence-corrected chi connectivity index (χ1v) is 4.17. The van der Waals surface area contributed by atoms with Crippen LogP contribution in [0.2, 0.25) is 0 Å². The summed E-state index contributed by atoms with van der Waals surface area (Å²) in [5, 5.41) is 34.0. The summed E-state index contributed by atoms with van der Waals surface area (Å²) in [5.74, 6) is -4.19. The van der Waals surface area contributed by atoms with Gasteiger partial charge in [-0.2, -0.15) is 0 Å². The second-order valence-corrected chi connectivity index (χ2v) is 2.85. The lowest BCUT2D eigenvalue weighted by molar-refractivity contribution is -0.147. The predicted octanol–water partition coefficient (Wildman–Crippen LogP) is -2.55. The van der Waals surface area contributed by atoms with Crippen LogP contribution in [0, 0.1) is 0 Å². The summed E-state index contributed by atoms with van der Waals surface area (Å²) in [7, 11) is 0. The molecule has 0 aliphatic rings. The maximum absolute atomic E-state index is 10.5. The molecule has 0 rings (SSSR count). The highest BCUT2D eigenvalue weighted by Gasteiger charge is 2.23. The van der Waals surface area contributed by atoms with E-state index in [0.717, 1.165) is 0 Å². The zero-order valence-corrected chi connectivity index (χ0v) is 8.08. The van der Waals surface area contributed by atoms with Gasteiger partial charge in [-0.05, 0) is 0 Å². The van der Waals surface area contributed by atoms with E-state index in [0.29, 0.717) is 0 Å². The van der Waals surface area contributed by atoms with Gasteiger partial charge in [0.05, 0.1) is 13.0 Å². The Bertz CT molecular complexity index is 280. The summed E-state index contributed by atoms with van der Waals surface area (Å²) in [6.07, 6.45) is -0.722. The van der Waals surface area contributed by atoms with Crippen molar-refractivity contribution in [3.05, 3.63) is 0 Å². The number of carboxylic acid groups (broad SMARTS) is 3.